The molecule has 0 fully saturated rings. The minimum atomic E-state index is -0.280. The summed E-state index contributed by atoms with van der Waals surface area (Å²) in [5, 5.41) is 3.16. The zero-order chi connectivity index (χ0) is 20.2. The number of hydrogen-bond donors (Lipinski definition) is 1. The fraction of sp³-hybridized carbons (Fsp3) is 0.0870. The molecule has 0 saturated heterocycles. The van der Waals surface area contributed by atoms with Crippen molar-refractivity contribution in [3.8, 4) is 17.1 Å². The second kappa shape index (κ2) is 8.06. The van der Waals surface area contributed by atoms with Crippen molar-refractivity contribution >= 4 is 16.9 Å². The first-order valence-electron chi connectivity index (χ1n) is 9.27. The van der Waals surface area contributed by atoms with Crippen molar-refractivity contribution in [1.29, 1.82) is 0 Å². The maximum atomic E-state index is 13.5. The van der Waals surface area contributed by atoms with E-state index < -0.39 is 0 Å². The number of aryl methyl sites for hydroxylation is 1. The number of halogens is 1. The number of aromatic nitrogens is 4. The summed E-state index contributed by atoms with van der Waals surface area (Å²) in [6, 6.07) is 10.2. The topological polar surface area (TPSA) is 55.6 Å². The van der Waals surface area contributed by atoms with Crippen LogP contribution in [0.1, 0.15) is 12.5 Å². The minimum Gasteiger partial charge on any atom is -0.347 e. The monoisotopic (exact) mass is 385 g/mol. The van der Waals surface area contributed by atoms with Crippen LogP contribution in [0.4, 0.5) is 10.2 Å². The number of benzene rings is 1. The van der Waals surface area contributed by atoms with Gasteiger partial charge in [0.05, 0.1) is 17.2 Å². The van der Waals surface area contributed by atoms with Crippen LogP contribution < -0.4 is 5.32 Å². The van der Waals surface area contributed by atoms with Crippen LogP contribution in [0.3, 0.4) is 0 Å². The van der Waals surface area contributed by atoms with Gasteiger partial charge in [-0.1, -0.05) is 12.2 Å². The number of pyridine rings is 2. The van der Waals surface area contributed by atoms with E-state index in [0.717, 1.165) is 39.5 Å². The molecule has 0 radical (unpaired) electrons. The normalized spacial score (nSPS) is 11.7. The van der Waals surface area contributed by atoms with Gasteiger partial charge in [0.1, 0.15) is 17.5 Å². The van der Waals surface area contributed by atoms with E-state index in [0.29, 0.717) is 0 Å². The van der Waals surface area contributed by atoms with Crippen LogP contribution in [0.5, 0.6) is 0 Å². The molecule has 1 N–H and O–H groups in total. The lowest BCUT2D eigenvalue weighted by Gasteiger charge is -2.12. The summed E-state index contributed by atoms with van der Waals surface area (Å²) in [6.07, 6.45) is 12.9. The van der Waals surface area contributed by atoms with Gasteiger partial charge in [0.15, 0.2) is 0 Å². The predicted octanol–water partition coefficient (Wildman–Crippen LogP) is 5.43. The molecule has 29 heavy (non-hydrogen) atoms. The molecule has 0 unspecified atom stereocenters. The first kappa shape index (κ1) is 18.6. The Kier molecular flexibility index (Phi) is 5.16. The van der Waals surface area contributed by atoms with Gasteiger partial charge in [0, 0.05) is 29.8 Å². The van der Waals surface area contributed by atoms with Gasteiger partial charge in [-0.3, -0.25) is 9.55 Å². The number of rotatable bonds is 5. The van der Waals surface area contributed by atoms with Crippen molar-refractivity contribution in [1.82, 2.24) is 19.5 Å². The summed E-state index contributed by atoms with van der Waals surface area (Å²) in [5.74, 6) is 1.20. The van der Waals surface area contributed by atoms with Gasteiger partial charge in [-0.05, 0) is 61.9 Å². The standard InChI is InChI=1S/C23H20FN5/c1-3-4-5-11-26-22-13-16(2)19(14-27-22)23-28-20-10-12-25-15-21(20)29(23)18-8-6-17(24)7-9-18/h3-15H,1-2H3,(H,26,27)/b4-3+,11-5-. The molecule has 4 rings (SSSR count). The first-order valence-corrected chi connectivity index (χ1v) is 9.27. The quantitative estimate of drug-likeness (QED) is 0.465. The van der Waals surface area contributed by atoms with E-state index in [1.165, 1.54) is 12.1 Å². The van der Waals surface area contributed by atoms with Gasteiger partial charge in [0.2, 0.25) is 0 Å². The number of allylic oxidation sites excluding steroid dienone is 3. The largest absolute Gasteiger partial charge is 0.347 e. The summed E-state index contributed by atoms with van der Waals surface area (Å²) in [5.41, 5.74) is 4.40. The number of imidazole rings is 1. The molecule has 0 aliphatic rings. The molecule has 3 heterocycles. The number of fused-ring (bicyclic) bond motifs is 1. The molecule has 5 nitrogen and oxygen atoms in total. The number of nitrogens with zero attached hydrogens (tertiary/aromatic N) is 4. The van der Waals surface area contributed by atoms with Gasteiger partial charge in [-0.2, -0.15) is 0 Å². The SMILES string of the molecule is C/C=C/C=C\Nc1cc(C)c(-c2nc3ccncc3n2-c2ccc(F)cc2)cn1. The highest BCUT2D eigenvalue weighted by Gasteiger charge is 2.16. The van der Waals surface area contributed by atoms with E-state index in [-0.39, 0.29) is 5.82 Å². The maximum absolute atomic E-state index is 13.5. The van der Waals surface area contributed by atoms with Crippen molar-refractivity contribution in [3.63, 3.8) is 0 Å². The lowest BCUT2D eigenvalue weighted by molar-refractivity contribution is 0.627. The highest BCUT2D eigenvalue weighted by molar-refractivity contribution is 5.83. The molecule has 0 amide bonds. The third kappa shape index (κ3) is 3.78. The smallest absolute Gasteiger partial charge is 0.147 e. The van der Waals surface area contributed by atoms with E-state index in [4.69, 9.17) is 4.98 Å². The van der Waals surface area contributed by atoms with Crippen LogP contribution in [0.25, 0.3) is 28.1 Å². The molecule has 0 bridgehead atoms. The van der Waals surface area contributed by atoms with Gasteiger partial charge in [-0.15, -0.1) is 0 Å². The van der Waals surface area contributed by atoms with E-state index >= 15 is 0 Å². The molecule has 3 aromatic heterocycles. The van der Waals surface area contributed by atoms with Crippen LogP contribution in [-0.2, 0) is 0 Å². The Morgan fingerprint density at radius 3 is 2.66 bits per heavy atom. The number of anilines is 1. The lowest BCUT2D eigenvalue weighted by Crippen LogP contribution is -2.01. The molecule has 1 aromatic carbocycles. The fourth-order valence-corrected chi connectivity index (χ4v) is 3.13. The lowest BCUT2D eigenvalue weighted by atomic mass is 10.1. The molecule has 0 atom stereocenters. The maximum Gasteiger partial charge on any atom is 0.147 e. The molecular formula is C23H20FN5. The Morgan fingerprint density at radius 1 is 1.07 bits per heavy atom. The van der Waals surface area contributed by atoms with Crippen LogP contribution in [0, 0.1) is 12.7 Å². The summed E-state index contributed by atoms with van der Waals surface area (Å²) in [6.45, 7) is 3.98. The van der Waals surface area contributed by atoms with Gasteiger partial charge < -0.3 is 5.32 Å². The second-order valence-electron chi connectivity index (χ2n) is 6.53. The van der Waals surface area contributed by atoms with Gasteiger partial charge in [-0.25, -0.2) is 14.4 Å². The Morgan fingerprint density at radius 2 is 1.90 bits per heavy atom. The first-order chi connectivity index (χ1) is 14.2. The van der Waals surface area contributed by atoms with Crippen LogP contribution in [-0.4, -0.2) is 19.5 Å². The summed E-state index contributed by atoms with van der Waals surface area (Å²) < 4.78 is 15.4. The third-order valence-electron chi connectivity index (χ3n) is 4.52. The third-order valence-corrected chi connectivity index (χ3v) is 4.52. The predicted molar refractivity (Wildman–Crippen MR) is 114 cm³/mol. The molecule has 0 aliphatic heterocycles. The van der Waals surface area contributed by atoms with Gasteiger partial charge in [0.25, 0.3) is 0 Å². The molecule has 0 spiro atoms. The van der Waals surface area contributed by atoms with Crippen molar-refractivity contribution in [3.05, 3.63) is 90.8 Å². The van der Waals surface area contributed by atoms with E-state index in [9.17, 15) is 4.39 Å². The Labute approximate surface area is 168 Å². The van der Waals surface area contributed by atoms with Crippen LogP contribution >= 0.6 is 0 Å². The average molecular weight is 385 g/mol. The molecule has 144 valence electrons. The van der Waals surface area contributed by atoms with E-state index in [2.05, 4.69) is 15.3 Å². The minimum absolute atomic E-state index is 0.280. The van der Waals surface area contributed by atoms with Crippen molar-refractivity contribution < 1.29 is 4.39 Å². The molecule has 6 heteroatoms. The zero-order valence-electron chi connectivity index (χ0n) is 16.2. The van der Waals surface area contributed by atoms with Crippen molar-refractivity contribution in [2.75, 3.05) is 5.32 Å². The van der Waals surface area contributed by atoms with Crippen LogP contribution in [0.15, 0.2) is 79.4 Å². The Balaban J connectivity index is 1.82. The Bertz CT molecular complexity index is 1210. The number of hydrogen-bond acceptors (Lipinski definition) is 4. The number of nitrogens with one attached hydrogen (secondary N) is 1. The van der Waals surface area contributed by atoms with Crippen LogP contribution in [0.2, 0.25) is 0 Å². The molecule has 4 aromatic rings. The second-order valence-corrected chi connectivity index (χ2v) is 6.53. The molecular weight excluding hydrogens is 365 g/mol. The van der Waals surface area contributed by atoms with E-state index in [1.807, 2.05) is 55.0 Å². The summed E-state index contributed by atoms with van der Waals surface area (Å²) in [7, 11) is 0. The molecule has 0 saturated carbocycles. The highest BCUT2D eigenvalue weighted by atomic mass is 19.1. The highest BCUT2D eigenvalue weighted by Crippen LogP contribution is 2.30. The van der Waals surface area contributed by atoms with Gasteiger partial charge >= 0.3 is 0 Å². The zero-order valence-corrected chi connectivity index (χ0v) is 16.2. The average Bonchev–Trinajstić information content (AvgIpc) is 3.11. The van der Waals surface area contributed by atoms with E-state index in [1.54, 1.807) is 30.7 Å². The fourth-order valence-electron chi connectivity index (χ4n) is 3.13. The summed E-state index contributed by atoms with van der Waals surface area (Å²) >= 11 is 0. The van der Waals surface area contributed by atoms with Crippen molar-refractivity contribution in [2.45, 2.75) is 13.8 Å². The van der Waals surface area contributed by atoms with Crippen molar-refractivity contribution in [2.24, 2.45) is 0 Å². The molecule has 0 aliphatic carbocycles. The summed E-state index contributed by atoms with van der Waals surface area (Å²) in [4.78, 5) is 13.6. The Hall–Kier alpha value is -3.80.